The van der Waals surface area contributed by atoms with Crippen molar-refractivity contribution in [3.05, 3.63) is 93.0 Å². The number of aliphatic hydroxyl groups excluding tert-OH is 1. The smallest absolute Gasteiger partial charge is 0.290 e. The molecule has 5 rings (SSSR count). The minimum atomic E-state index is -0.388. The highest BCUT2D eigenvalue weighted by molar-refractivity contribution is 6.33. The zero-order chi connectivity index (χ0) is 36.8. The lowest BCUT2D eigenvalue weighted by molar-refractivity contribution is -0.105. The number of aliphatic hydroxyl groups is 1. The Morgan fingerprint density at radius 3 is 2.47 bits per heavy atom. The Morgan fingerprint density at radius 2 is 1.80 bits per heavy atom. The summed E-state index contributed by atoms with van der Waals surface area (Å²) in [4.78, 5) is 47.4. The van der Waals surface area contributed by atoms with Crippen molar-refractivity contribution in [1.82, 2.24) is 25.0 Å². The SMILES string of the molecule is CCn1nc(-c2cccc(-c3cc(C(=O)NCCO)cc(C(N)=NCCN4CCCCC4)c3)c2)cc(NC=O)c1=O.CNc1c(C)cncc1Cl. The minimum absolute atomic E-state index is 0.128. The second-order valence-corrected chi connectivity index (χ2v) is 12.3. The second-order valence-electron chi connectivity index (χ2n) is 11.9. The molecule has 14 heteroatoms. The number of aryl methyl sites for hydroxylation is 2. The van der Waals surface area contributed by atoms with Crippen molar-refractivity contribution in [2.45, 2.75) is 39.7 Å². The summed E-state index contributed by atoms with van der Waals surface area (Å²) >= 11 is 5.80. The number of amidine groups is 1. The summed E-state index contributed by atoms with van der Waals surface area (Å²) in [6, 6.07) is 14.4. The lowest BCUT2D eigenvalue weighted by Crippen LogP contribution is -2.32. The number of hydrogen-bond acceptors (Lipinski definition) is 9. The summed E-state index contributed by atoms with van der Waals surface area (Å²) in [7, 11) is 1.84. The van der Waals surface area contributed by atoms with Crippen LogP contribution in [0.2, 0.25) is 5.02 Å². The predicted octanol–water partition coefficient (Wildman–Crippen LogP) is 4.16. The van der Waals surface area contributed by atoms with Crippen LogP contribution in [0.4, 0.5) is 11.4 Å². The Morgan fingerprint density at radius 1 is 1.06 bits per heavy atom. The molecule has 1 aliphatic rings. The van der Waals surface area contributed by atoms with Crippen molar-refractivity contribution in [3.63, 3.8) is 0 Å². The molecule has 2 aromatic carbocycles. The number of nitrogens with two attached hydrogens (primary N) is 1. The van der Waals surface area contributed by atoms with Gasteiger partial charge in [-0.05, 0) is 86.8 Å². The van der Waals surface area contributed by atoms with E-state index < -0.39 is 0 Å². The van der Waals surface area contributed by atoms with E-state index in [2.05, 4.69) is 35.9 Å². The Labute approximate surface area is 303 Å². The second kappa shape index (κ2) is 19.3. The number of nitrogens with zero attached hydrogens (tertiary/aromatic N) is 5. The molecule has 270 valence electrons. The molecule has 1 aliphatic heterocycles. The van der Waals surface area contributed by atoms with Crippen LogP contribution in [-0.4, -0.2) is 89.3 Å². The maximum Gasteiger partial charge on any atom is 0.290 e. The highest BCUT2D eigenvalue weighted by Gasteiger charge is 2.15. The van der Waals surface area contributed by atoms with Gasteiger partial charge in [-0.25, -0.2) is 4.68 Å². The van der Waals surface area contributed by atoms with E-state index in [9.17, 15) is 19.5 Å². The molecular weight excluding hydrogens is 670 g/mol. The van der Waals surface area contributed by atoms with Crippen LogP contribution < -0.4 is 27.2 Å². The normalized spacial score (nSPS) is 13.2. The van der Waals surface area contributed by atoms with E-state index in [-0.39, 0.29) is 30.3 Å². The molecule has 0 aliphatic carbocycles. The summed E-state index contributed by atoms with van der Waals surface area (Å²) in [6.45, 7) is 7.61. The molecule has 0 spiro atoms. The number of anilines is 2. The van der Waals surface area contributed by atoms with Gasteiger partial charge in [-0.3, -0.25) is 24.4 Å². The van der Waals surface area contributed by atoms with Gasteiger partial charge in [0, 0.05) is 55.8 Å². The van der Waals surface area contributed by atoms with Gasteiger partial charge in [-0.1, -0.05) is 36.2 Å². The van der Waals surface area contributed by atoms with Crippen molar-refractivity contribution in [1.29, 1.82) is 0 Å². The molecule has 0 atom stereocenters. The number of aliphatic imine (C=N–C) groups is 1. The first kappa shape index (κ1) is 38.7. The topological polar surface area (TPSA) is 180 Å². The molecular formula is C37H46ClN9O4. The molecule has 3 heterocycles. The molecule has 0 bridgehead atoms. The zero-order valence-electron chi connectivity index (χ0n) is 29.3. The first-order valence-corrected chi connectivity index (χ1v) is 17.3. The van der Waals surface area contributed by atoms with Crippen molar-refractivity contribution < 1.29 is 14.7 Å². The quantitative estimate of drug-likeness (QED) is 0.0772. The van der Waals surface area contributed by atoms with Gasteiger partial charge in [0.2, 0.25) is 6.41 Å². The predicted molar refractivity (Wildman–Crippen MR) is 204 cm³/mol. The van der Waals surface area contributed by atoms with E-state index in [1.807, 2.05) is 44.3 Å². The van der Waals surface area contributed by atoms with Crippen molar-refractivity contribution in [3.8, 4) is 22.4 Å². The van der Waals surface area contributed by atoms with E-state index in [1.165, 1.54) is 23.9 Å². The van der Waals surface area contributed by atoms with E-state index in [0.29, 0.717) is 47.2 Å². The fraction of sp³-hybridized carbons (Fsp3) is 0.351. The van der Waals surface area contributed by atoms with Crippen LogP contribution in [0.25, 0.3) is 22.4 Å². The van der Waals surface area contributed by atoms with Crippen LogP contribution in [0.15, 0.2) is 70.7 Å². The number of likely N-dealkylation sites (tertiary alicyclic amines) is 1. The number of rotatable bonds is 13. The van der Waals surface area contributed by atoms with Crippen LogP contribution in [0.5, 0.6) is 0 Å². The zero-order valence-corrected chi connectivity index (χ0v) is 30.0. The van der Waals surface area contributed by atoms with Gasteiger partial charge in [0.05, 0.1) is 29.6 Å². The number of benzene rings is 2. The number of pyridine rings is 1. The Bertz CT molecular complexity index is 1870. The maximum absolute atomic E-state index is 12.9. The number of carbonyl (C=O) groups is 2. The monoisotopic (exact) mass is 715 g/mol. The maximum atomic E-state index is 12.9. The molecule has 1 fully saturated rings. The Balaban J connectivity index is 0.000000502. The van der Waals surface area contributed by atoms with Gasteiger partial charge >= 0.3 is 0 Å². The summed E-state index contributed by atoms with van der Waals surface area (Å²) in [6.07, 6.45) is 7.54. The number of carbonyl (C=O) groups excluding carboxylic acids is 2. The number of aromatic nitrogens is 3. The van der Waals surface area contributed by atoms with Crippen molar-refractivity contribution in [2.75, 3.05) is 57.0 Å². The van der Waals surface area contributed by atoms with E-state index in [4.69, 9.17) is 17.3 Å². The molecule has 2 aromatic heterocycles. The first-order valence-electron chi connectivity index (χ1n) is 17.0. The fourth-order valence-electron chi connectivity index (χ4n) is 5.70. The molecule has 6 N–H and O–H groups in total. The molecule has 1 saturated heterocycles. The highest BCUT2D eigenvalue weighted by Crippen LogP contribution is 2.28. The lowest BCUT2D eigenvalue weighted by Gasteiger charge is -2.25. The number of nitrogens with one attached hydrogen (secondary N) is 3. The molecule has 0 saturated carbocycles. The van der Waals surface area contributed by atoms with Gasteiger partial charge in [-0.15, -0.1) is 0 Å². The van der Waals surface area contributed by atoms with Crippen LogP contribution in [0.3, 0.4) is 0 Å². The number of piperidine rings is 1. The summed E-state index contributed by atoms with van der Waals surface area (Å²) in [5, 5.41) is 22.4. The van der Waals surface area contributed by atoms with Crippen LogP contribution in [0.1, 0.15) is 47.7 Å². The molecule has 13 nitrogen and oxygen atoms in total. The summed E-state index contributed by atoms with van der Waals surface area (Å²) in [5.41, 5.74) is 12.0. The third kappa shape index (κ3) is 10.7. The third-order valence-electron chi connectivity index (χ3n) is 8.35. The highest BCUT2D eigenvalue weighted by atomic mass is 35.5. The van der Waals surface area contributed by atoms with Crippen molar-refractivity contribution in [2.24, 2.45) is 10.7 Å². The van der Waals surface area contributed by atoms with Crippen molar-refractivity contribution >= 4 is 41.1 Å². The van der Waals surface area contributed by atoms with Gasteiger partial charge in [-0.2, -0.15) is 5.10 Å². The van der Waals surface area contributed by atoms with E-state index >= 15 is 0 Å². The summed E-state index contributed by atoms with van der Waals surface area (Å²) in [5.74, 6) is 0.0122. The van der Waals surface area contributed by atoms with E-state index in [1.54, 1.807) is 37.5 Å². The number of hydrogen-bond donors (Lipinski definition) is 5. The van der Waals surface area contributed by atoms with Gasteiger partial charge in [0.25, 0.3) is 11.5 Å². The number of amides is 2. The Kier molecular flexibility index (Phi) is 14.7. The largest absolute Gasteiger partial charge is 0.395 e. The first-order chi connectivity index (χ1) is 24.7. The van der Waals surface area contributed by atoms with Gasteiger partial charge < -0.3 is 31.7 Å². The van der Waals surface area contributed by atoms with Crippen LogP contribution in [-0.2, 0) is 11.3 Å². The molecule has 0 radical (unpaired) electrons. The Hall–Kier alpha value is -5.11. The summed E-state index contributed by atoms with van der Waals surface area (Å²) < 4.78 is 1.29. The van der Waals surface area contributed by atoms with E-state index in [0.717, 1.165) is 47.6 Å². The van der Waals surface area contributed by atoms with Crippen LogP contribution >= 0.6 is 11.6 Å². The standard InChI is InChI=1S/C30H37N7O4.C7H9ClN2/c1-2-37-30(41)27(34-20-39)19-26(35-37)22-8-6-7-21(15-22)23-16-24(18-25(17-23)29(40)33-10-14-38)28(31)32-9-13-36-11-4-3-5-12-36;1-5-3-10-4-6(8)7(5)9-2/h6-8,15-20,38H,2-5,9-14H2,1H3,(H2,31,32)(H,33,40)(H,34,39);3-4H,1-2H3,(H,9,10). The van der Waals surface area contributed by atoms with Gasteiger partial charge in [0.1, 0.15) is 11.5 Å². The average molecular weight is 716 g/mol. The number of halogens is 1. The minimum Gasteiger partial charge on any atom is -0.395 e. The third-order valence-corrected chi connectivity index (χ3v) is 8.64. The van der Waals surface area contributed by atoms with Crippen LogP contribution in [0, 0.1) is 6.92 Å². The molecule has 4 aromatic rings. The lowest BCUT2D eigenvalue weighted by atomic mass is 9.97. The molecule has 2 amide bonds. The van der Waals surface area contributed by atoms with Gasteiger partial charge in [0.15, 0.2) is 0 Å². The molecule has 0 unspecified atom stereocenters. The average Bonchev–Trinajstić information content (AvgIpc) is 3.15. The fourth-order valence-corrected chi connectivity index (χ4v) is 6.00. The molecule has 51 heavy (non-hydrogen) atoms.